The third-order valence-electron chi connectivity index (χ3n) is 4.49. The van der Waals surface area contributed by atoms with Crippen LogP contribution in [0.1, 0.15) is 39.3 Å². The fourth-order valence-corrected chi connectivity index (χ4v) is 3.93. The number of hydrogen-bond acceptors (Lipinski definition) is 6. The monoisotopic (exact) mass is 534 g/mol. The van der Waals surface area contributed by atoms with Crippen molar-refractivity contribution >= 4 is 50.8 Å². The van der Waals surface area contributed by atoms with Crippen molar-refractivity contribution in [3.8, 4) is 0 Å². The minimum Gasteiger partial charge on any atom is -0.351 e. The van der Waals surface area contributed by atoms with Crippen LogP contribution in [0, 0.1) is 5.41 Å². The van der Waals surface area contributed by atoms with Crippen LogP contribution in [0.15, 0.2) is 29.7 Å². The lowest BCUT2D eigenvalue weighted by molar-refractivity contribution is -0.133. The summed E-state index contributed by atoms with van der Waals surface area (Å²) in [7, 11) is -3.28. The highest BCUT2D eigenvalue weighted by atomic mass is 35.5. The summed E-state index contributed by atoms with van der Waals surface area (Å²) in [6.45, 7) is 7.32. The summed E-state index contributed by atoms with van der Waals surface area (Å²) in [5.41, 5.74) is -0.122. The second-order valence-electron chi connectivity index (χ2n) is 8.72. The van der Waals surface area contributed by atoms with E-state index in [1.165, 1.54) is 6.08 Å². The van der Waals surface area contributed by atoms with Gasteiger partial charge in [-0.05, 0) is 35.7 Å². The van der Waals surface area contributed by atoms with E-state index in [0.717, 1.165) is 11.7 Å². The van der Waals surface area contributed by atoms with Gasteiger partial charge in [-0.2, -0.15) is 0 Å². The molecule has 0 saturated heterocycles. The molecule has 1 aromatic rings. The van der Waals surface area contributed by atoms with Gasteiger partial charge in [-0.1, -0.05) is 57.0 Å². The maximum absolute atomic E-state index is 13.1. The number of benzene rings is 1. The Balaban J connectivity index is 2.87. The van der Waals surface area contributed by atoms with E-state index in [-0.39, 0.29) is 13.1 Å². The topological polar surface area (TPSA) is 133 Å². The Morgan fingerprint density at radius 1 is 1.03 bits per heavy atom. The molecule has 0 aliphatic rings. The summed E-state index contributed by atoms with van der Waals surface area (Å²) < 4.78 is 22.1. The average molecular weight is 535 g/mol. The second-order valence-corrected chi connectivity index (χ2v) is 11.5. The molecular formula is C22H32Cl2N4O5S. The van der Waals surface area contributed by atoms with Crippen LogP contribution >= 0.6 is 23.2 Å². The van der Waals surface area contributed by atoms with Crippen LogP contribution in [0.2, 0.25) is 10.0 Å². The molecule has 2 atom stereocenters. The van der Waals surface area contributed by atoms with Gasteiger partial charge in [0.2, 0.25) is 17.7 Å². The van der Waals surface area contributed by atoms with Crippen LogP contribution in [-0.2, 0) is 24.2 Å². The van der Waals surface area contributed by atoms with Crippen molar-refractivity contribution in [1.82, 2.24) is 21.3 Å². The molecule has 12 heteroatoms. The smallest absolute Gasteiger partial charge is 0.243 e. The maximum Gasteiger partial charge on any atom is 0.243 e. The Labute approximate surface area is 210 Å². The van der Waals surface area contributed by atoms with Gasteiger partial charge in [0, 0.05) is 28.3 Å². The molecule has 190 valence electrons. The van der Waals surface area contributed by atoms with Crippen molar-refractivity contribution in [1.29, 1.82) is 0 Å². The van der Waals surface area contributed by atoms with Crippen molar-refractivity contribution in [2.75, 3.05) is 25.9 Å². The highest BCUT2D eigenvalue weighted by Gasteiger charge is 2.35. The molecule has 3 amide bonds. The molecule has 9 nitrogen and oxygen atoms in total. The Morgan fingerprint density at radius 2 is 1.62 bits per heavy atom. The van der Waals surface area contributed by atoms with E-state index in [4.69, 9.17) is 23.2 Å². The number of sulfone groups is 1. The Kier molecular flexibility index (Phi) is 11.5. The summed E-state index contributed by atoms with van der Waals surface area (Å²) in [5.74, 6) is -1.50. The SMILES string of the molecule is CCN[C@H](C(=O)N[C@H](C(=O)NCC(=O)NC/C=C/S(C)(=O)=O)C(C)(C)C)c1cc(Cl)cc(Cl)c1. The van der Waals surface area contributed by atoms with Crippen molar-refractivity contribution in [3.05, 3.63) is 45.3 Å². The molecule has 0 radical (unpaired) electrons. The first kappa shape index (κ1) is 29.9. The van der Waals surface area contributed by atoms with Crippen LogP contribution in [-0.4, -0.2) is 58.1 Å². The van der Waals surface area contributed by atoms with Crippen molar-refractivity contribution < 1.29 is 22.8 Å². The number of carbonyl (C=O) groups is 3. The van der Waals surface area contributed by atoms with E-state index in [1.807, 2.05) is 6.92 Å². The molecule has 0 aliphatic carbocycles. The van der Waals surface area contributed by atoms with E-state index in [9.17, 15) is 22.8 Å². The van der Waals surface area contributed by atoms with Crippen LogP contribution < -0.4 is 21.3 Å². The molecule has 0 spiro atoms. The van der Waals surface area contributed by atoms with Crippen LogP contribution in [0.5, 0.6) is 0 Å². The first-order valence-electron chi connectivity index (χ1n) is 10.5. The molecule has 34 heavy (non-hydrogen) atoms. The van der Waals surface area contributed by atoms with Crippen LogP contribution in [0.25, 0.3) is 0 Å². The lowest BCUT2D eigenvalue weighted by Gasteiger charge is -2.32. The second kappa shape index (κ2) is 13.1. The standard InChI is InChI=1S/C22H32Cl2N4O5S/c1-6-25-18(14-10-15(23)12-16(24)11-14)20(30)28-19(22(2,3)4)21(31)27-13-17(29)26-8-7-9-34(5,32)33/h7,9-12,18-19,25H,6,8,13H2,1-5H3,(H,26,29)(H,27,31)(H,28,30)/b9-7+/t18-,19+/m0/s1. The lowest BCUT2D eigenvalue weighted by atomic mass is 9.85. The fraction of sp³-hybridized carbons (Fsp3) is 0.500. The maximum atomic E-state index is 13.1. The molecule has 0 aromatic heterocycles. The van der Waals surface area contributed by atoms with Gasteiger partial charge in [-0.3, -0.25) is 14.4 Å². The van der Waals surface area contributed by atoms with Gasteiger partial charge >= 0.3 is 0 Å². The molecular weight excluding hydrogens is 503 g/mol. The van der Waals surface area contributed by atoms with Gasteiger partial charge in [0.05, 0.1) is 6.54 Å². The number of carbonyl (C=O) groups excluding carboxylic acids is 3. The summed E-state index contributed by atoms with van der Waals surface area (Å²) in [4.78, 5) is 38.0. The number of amides is 3. The molecule has 4 N–H and O–H groups in total. The van der Waals surface area contributed by atoms with Gasteiger partial charge in [0.1, 0.15) is 12.1 Å². The van der Waals surface area contributed by atoms with Gasteiger partial charge < -0.3 is 21.3 Å². The van der Waals surface area contributed by atoms with Gasteiger partial charge in [0.25, 0.3) is 0 Å². The summed E-state index contributed by atoms with van der Waals surface area (Å²) in [5, 5.41) is 12.5. The minimum atomic E-state index is -3.28. The molecule has 0 bridgehead atoms. The van der Waals surface area contributed by atoms with Crippen LogP contribution in [0.3, 0.4) is 0 Å². The van der Waals surface area contributed by atoms with E-state index >= 15 is 0 Å². The van der Waals surface area contributed by atoms with Crippen molar-refractivity contribution in [2.24, 2.45) is 5.41 Å². The molecule has 0 heterocycles. The number of likely N-dealkylation sites (N-methyl/N-ethyl adjacent to an activating group) is 1. The predicted octanol–water partition coefficient (Wildman–Crippen LogP) is 1.97. The normalized spacial score (nSPS) is 13.9. The predicted molar refractivity (Wildman–Crippen MR) is 134 cm³/mol. The van der Waals surface area contributed by atoms with Gasteiger partial charge in [-0.15, -0.1) is 0 Å². The quantitative estimate of drug-likeness (QED) is 0.343. The fourth-order valence-electron chi connectivity index (χ4n) is 2.94. The summed E-state index contributed by atoms with van der Waals surface area (Å²) in [6, 6.07) is 3.04. The Morgan fingerprint density at radius 3 is 2.12 bits per heavy atom. The molecule has 1 aromatic carbocycles. The van der Waals surface area contributed by atoms with E-state index < -0.39 is 45.1 Å². The largest absolute Gasteiger partial charge is 0.351 e. The third-order valence-corrected chi connectivity index (χ3v) is 5.61. The number of halogens is 2. The van der Waals surface area contributed by atoms with Crippen LogP contribution in [0.4, 0.5) is 0 Å². The van der Waals surface area contributed by atoms with E-state index in [2.05, 4.69) is 21.3 Å². The average Bonchev–Trinajstić information content (AvgIpc) is 2.69. The molecule has 0 unspecified atom stereocenters. The highest BCUT2D eigenvalue weighted by molar-refractivity contribution is 7.93. The minimum absolute atomic E-state index is 0.00618. The first-order chi connectivity index (χ1) is 15.6. The van der Waals surface area contributed by atoms with Gasteiger partial charge in [-0.25, -0.2) is 8.42 Å². The Bertz CT molecular complexity index is 1000. The number of nitrogens with one attached hydrogen (secondary N) is 4. The third kappa shape index (κ3) is 10.9. The molecule has 1 rings (SSSR count). The first-order valence-corrected chi connectivity index (χ1v) is 13.3. The van der Waals surface area contributed by atoms with Crippen molar-refractivity contribution in [3.63, 3.8) is 0 Å². The summed E-state index contributed by atoms with van der Waals surface area (Å²) in [6.07, 6.45) is 2.32. The Hall–Kier alpha value is -2.14. The zero-order valence-corrected chi connectivity index (χ0v) is 22.2. The molecule has 0 fully saturated rings. The highest BCUT2D eigenvalue weighted by Crippen LogP contribution is 2.25. The zero-order chi connectivity index (χ0) is 26.1. The van der Waals surface area contributed by atoms with E-state index in [1.54, 1.807) is 39.0 Å². The van der Waals surface area contributed by atoms with Crippen molar-refractivity contribution in [2.45, 2.75) is 39.8 Å². The van der Waals surface area contributed by atoms with E-state index in [0.29, 0.717) is 22.2 Å². The lowest BCUT2D eigenvalue weighted by Crippen LogP contribution is -2.56. The molecule has 0 aliphatic heterocycles. The number of hydrogen-bond donors (Lipinski definition) is 4. The molecule has 0 saturated carbocycles. The summed E-state index contributed by atoms with van der Waals surface area (Å²) >= 11 is 12.2. The zero-order valence-electron chi connectivity index (χ0n) is 19.9. The van der Waals surface area contributed by atoms with Gasteiger partial charge in [0.15, 0.2) is 9.84 Å². The number of rotatable bonds is 11.